The SMILES string of the molecule is CCC(NC(C)COC)c1ccncc1. The smallest absolute Gasteiger partial charge is 0.0613 e. The maximum Gasteiger partial charge on any atom is 0.0613 e. The maximum absolute atomic E-state index is 5.11. The number of hydrogen-bond acceptors (Lipinski definition) is 3. The molecule has 3 nitrogen and oxygen atoms in total. The van der Waals surface area contributed by atoms with Crippen LogP contribution in [0.3, 0.4) is 0 Å². The van der Waals surface area contributed by atoms with Crippen LogP contribution in [-0.4, -0.2) is 24.7 Å². The Morgan fingerprint density at radius 3 is 2.60 bits per heavy atom. The van der Waals surface area contributed by atoms with Gasteiger partial charge in [0.15, 0.2) is 0 Å². The first kappa shape index (κ1) is 12.1. The Kier molecular flexibility index (Phi) is 5.29. The highest BCUT2D eigenvalue weighted by atomic mass is 16.5. The number of ether oxygens (including phenoxy) is 1. The molecule has 1 heterocycles. The van der Waals surface area contributed by atoms with Crippen LogP contribution in [0.4, 0.5) is 0 Å². The number of methoxy groups -OCH3 is 1. The third-order valence-corrected chi connectivity index (χ3v) is 2.42. The van der Waals surface area contributed by atoms with E-state index in [0.717, 1.165) is 13.0 Å². The highest BCUT2D eigenvalue weighted by Crippen LogP contribution is 2.15. The van der Waals surface area contributed by atoms with Crippen LogP contribution in [0.2, 0.25) is 0 Å². The maximum atomic E-state index is 5.11. The van der Waals surface area contributed by atoms with Gasteiger partial charge in [0.2, 0.25) is 0 Å². The summed E-state index contributed by atoms with van der Waals surface area (Å²) in [5.74, 6) is 0. The Labute approximate surface area is 91.9 Å². The Bertz CT molecular complexity index is 264. The molecule has 0 fully saturated rings. The van der Waals surface area contributed by atoms with Gasteiger partial charge < -0.3 is 10.1 Å². The molecule has 0 aliphatic heterocycles. The van der Waals surface area contributed by atoms with E-state index in [1.54, 1.807) is 7.11 Å². The number of pyridine rings is 1. The van der Waals surface area contributed by atoms with Crippen LogP contribution in [0.15, 0.2) is 24.5 Å². The van der Waals surface area contributed by atoms with Crippen molar-refractivity contribution < 1.29 is 4.74 Å². The summed E-state index contributed by atoms with van der Waals surface area (Å²) in [5, 5.41) is 3.53. The van der Waals surface area contributed by atoms with Crippen molar-refractivity contribution in [3.8, 4) is 0 Å². The topological polar surface area (TPSA) is 34.1 Å². The molecule has 0 aliphatic rings. The summed E-state index contributed by atoms with van der Waals surface area (Å²) in [6.45, 7) is 5.05. The first-order valence-corrected chi connectivity index (χ1v) is 5.42. The van der Waals surface area contributed by atoms with E-state index < -0.39 is 0 Å². The van der Waals surface area contributed by atoms with Crippen LogP contribution < -0.4 is 5.32 Å². The van der Waals surface area contributed by atoms with Gasteiger partial charge in [0, 0.05) is 31.6 Å². The van der Waals surface area contributed by atoms with Crippen molar-refractivity contribution in [3.05, 3.63) is 30.1 Å². The number of nitrogens with zero attached hydrogens (tertiary/aromatic N) is 1. The van der Waals surface area contributed by atoms with Crippen LogP contribution >= 0.6 is 0 Å². The molecule has 0 amide bonds. The van der Waals surface area contributed by atoms with E-state index in [1.165, 1.54) is 5.56 Å². The summed E-state index contributed by atoms with van der Waals surface area (Å²) in [6.07, 6.45) is 4.74. The second kappa shape index (κ2) is 6.53. The van der Waals surface area contributed by atoms with E-state index >= 15 is 0 Å². The minimum Gasteiger partial charge on any atom is -0.383 e. The zero-order valence-corrected chi connectivity index (χ0v) is 9.73. The first-order valence-electron chi connectivity index (χ1n) is 5.42. The van der Waals surface area contributed by atoms with Crippen molar-refractivity contribution in [1.29, 1.82) is 0 Å². The van der Waals surface area contributed by atoms with E-state index in [9.17, 15) is 0 Å². The third kappa shape index (κ3) is 3.98. The molecule has 0 aliphatic carbocycles. The van der Waals surface area contributed by atoms with Crippen LogP contribution in [0, 0.1) is 0 Å². The largest absolute Gasteiger partial charge is 0.383 e. The van der Waals surface area contributed by atoms with Gasteiger partial charge in [-0.15, -0.1) is 0 Å². The monoisotopic (exact) mass is 208 g/mol. The van der Waals surface area contributed by atoms with Crippen LogP contribution in [0.1, 0.15) is 31.9 Å². The zero-order chi connectivity index (χ0) is 11.1. The minimum atomic E-state index is 0.369. The second-order valence-electron chi connectivity index (χ2n) is 3.76. The van der Waals surface area contributed by atoms with Gasteiger partial charge in [-0.1, -0.05) is 6.92 Å². The fourth-order valence-corrected chi connectivity index (χ4v) is 1.69. The van der Waals surface area contributed by atoms with E-state index in [2.05, 4.69) is 36.3 Å². The molecule has 1 aromatic rings. The lowest BCUT2D eigenvalue weighted by atomic mass is 10.1. The molecule has 1 aromatic heterocycles. The molecule has 2 atom stereocenters. The fraction of sp³-hybridized carbons (Fsp3) is 0.583. The molecule has 1 rings (SSSR count). The lowest BCUT2D eigenvalue weighted by molar-refractivity contribution is 0.166. The average Bonchev–Trinajstić information content (AvgIpc) is 2.27. The summed E-state index contributed by atoms with van der Waals surface area (Å²) >= 11 is 0. The Hall–Kier alpha value is -0.930. The molecule has 0 radical (unpaired) electrons. The Morgan fingerprint density at radius 2 is 2.07 bits per heavy atom. The summed E-state index contributed by atoms with van der Waals surface area (Å²) in [7, 11) is 1.73. The zero-order valence-electron chi connectivity index (χ0n) is 9.73. The summed E-state index contributed by atoms with van der Waals surface area (Å²) in [4.78, 5) is 4.03. The summed E-state index contributed by atoms with van der Waals surface area (Å²) in [5.41, 5.74) is 1.29. The fourth-order valence-electron chi connectivity index (χ4n) is 1.69. The number of rotatable bonds is 6. The standard InChI is InChI=1S/C12H20N2O/c1-4-12(14-10(2)9-15-3)11-5-7-13-8-6-11/h5-8,10,12,14H,4,9H2,1-3H3. The average molecular weight is 208 g/mol. The molecule has 3 heteroatoms. The number of nitrogens with one attached hydrogen (secondary N) is 1. The molecule has 1 N–H and O–H groups in total. The van der Waals surface area contributed by atoms with E-state index in [4.69, 9.17) is 4.74 Å². The van der Waals surface area contributed by atoms with Crippen molar-refractivity contribution >= 4 is 0 Å². The van der Waals surface area contributed by atoms with E-state index in [-0.39, 0.29) is 0 Å². The molecule has 0 bridgehead atoms. The molecule has 0 spiro atoms. The molecular formula is C12H20N2O. The second-order valence-corrected chi connectivity index (χ2v) is 3.76. The lowest BCUT2D eigenvalue weighted by Gasteiger charge is -2.22. The molecule has 0 saturated carbocycles. The third-order valence-electron chi connectivity index (χ3n) is 2.42. The molecule has 0 saturated heterocycles. The lowest BCUT2D eigenvalue weighted by Crippen LogP contribution is -2.33. The van der Waals surface area contributed by atoms with Gasteiger partial charge >= 0.3 is 0 Å². The summed E-state index contributed by atoms with van der Waals surface area (Å²) in [6, 6.07) is 4.87. The van der Waals surface area contributed by atoms with Crippen molar-refractivity contribution in [2.24, 2.45) is 0 Å². The quantitative estimate of drug-likeness (QED) is 0.778. The van der Waals surface area contributed by atoms with Crippen molar-refractivity contribution in [1.82, 2.24) is 10.3 Å². The van der Waals surface area contributed by atoms with Crippen molar-refractivity contribution in [2.75, 3.05) is 13.7 Å². The molecular weight excluding hydrogens is 188 g/mol. The van der Waals surface area contributed by atoms with Gasteiger partial charge in [-0.25, -0.2) is 0 Å². The predicted molar refractivity (Wildman–Crippen MR) is 61.7 cm³/mol. The van der Waals surface area contributed by atoms with Gasteiger partial charge in [0.1, 0.15) is 0 Å². The van der Waals surface area contributed by atoms with Gasteiger partial charge in [0.05, 0.1) is 6.61 Å². The molecule has 84 valence electrons. The Morgan fingerprint density at radius 1 is 1.40 bits per heavy atom. The van der Waals surface area contributed by atoms with Gasteiger partial charge in [-0.3, -0.25) is 4.98 Å². The first-order chi connectivity index (χ1) is 7.27. The number of aromatic nitrogens is 1. The highest BCUT2D eigenvalue weighted by molar-refractivity contribution is 5.14. The van der Waals surface area contributed by atoms with Crippen molar-refractivity contribution in [3.63, 3.8) is 0 Å². The minimum absolute atomic E-state index is 0.369. The molecule has 15 heavy (non-hydrogen) atoms. The number of hydrogen-bond donors (Lipinski definition) is 1. The van der Waals surface area contributed by atoms with Crippen LogP contribution in [0.5, 0.6) is 0 Å². The van der Waals surface area contributed by atoms with E-state index in [0.29, 0.717) is 12.1 Å². The van der Waals surface area contributed by atoms with Crippen LogP contribution in [0.25, 0.3) is 0 Å². The molecule has 0 aromatic carbocycles. The van der Waals surface area contributed by atoms with Crippen LogP contribution in [-0.2, 0) is 4.74 Å². The summed E-state index contributed by atoms with van der Waals surface area (Å²) < 4.78 is 5.11. The van der Waals surface area contributed by atoms with Crippen molar-refractivity contribution in [2.45, 2.75) is 32.4 Å². The van der Waals surface area contributed by atoms with Gasteiger partial charge in [-0.2, -0.15) is 0 Å². The Balaban J connectivity index is 2.56. The van der Waals surface area contributed by atoms with Gasteiger partial charge in [0.25, 0.3) is 0 Å². The molecule has 2 unspecified atom stereocenters. The predicted octanol–water partition coefficient (Wildman–Crippen LogP) is 2.16. The van der Waals surface area contributed by atoms with E-state index in [1.807, 2.05) is 12.4 Å². The normalized spacial score (nSPS) is 14.9. The van der Waals surface area contributed by atoms with Gasteiger partial charge in [-0.05, 0) is 31.0 Å². The highest BCUT2D eigenvalue weighted by Gasteiger charge is 2.11.